The summed E-state index contributed by atoms with van der Waals surface area (Å²) in [7, 11) is 1.70. The van der Waals surface area contributed by atoms with Crippen molar-refractivity contribution in [3.63, 3.8) is 0 Å². The summed E-state index contributed by atoms with van der Waals surface area (Å²) in [5, 5.41) is 3.35. The van der Waals surface area contributed by atoms with E-state index in [1.807, 2.05) is 12.1 Å². The van der Waals surface area contributed by atoms with E-state index in [1.165, 1.54) is 32.4 Å². The van der Waals surface area contributed by atoms with Crippen LogP contribution in [0.1, 0.15) is 31.7 Å². The van der Waals surface area contributed by atoms with Crippen molar-refractivity contribution in [3.8, 4) is 11.5 Å². The Balaban J connectivity index is 1.87. The Morgan fingerprint density at radius 1 is 1.19 bits per heavy atom. The first-order chi connectivity index (χ1) is 10.3. The molecule has 1 aromatic rings. The van der Waals surface area contributed by atoms with E-state index in [0.29, 0.717) is 0 Å². The van der Waals surface area contributed by atoms with Gasteiger partial charge in [0, 0.05) is 18.7 Å². The van der Waals surface area contributed by atoms with Crippen LogP contribution in [0.2, 0.25) is 0 Å². The van der Waals surface area contributed by atoms with Crippen molar-refractivity contribution in [2.45, 2.75) is 32.7 Å². The van der Waals surface area contributed by atoms with E-state index in [4.69, 9.17) is 9.47 Å². The first-order valence-electron chi connectivity index (χ1n) is 8.06. The topological polar surface area (TPSA) is 33.7 Å². The highest BCUT2D eigenvalue weighted by Gasteiger charge is 2.10. The number of benzene rings is 1. The van der Waals surface area contributed by atoms with Gasteiger partial charge >= 0.3 is 0 Å². The highest BCUT2D eigenvalue weighted by atomic mass is 16.5. The summed E-state index contributed by atoms with van der Waals surface area (Å²) in [6.45, 7) is 8.08. The second kappa shape index (κ2) is 8.90. The van der Waals surface area contributed by atoms with Crippen LogP contribution in [-0.4, -0.2) is 44.8 Å². The average Bonchev–Trinajstić information content (AvgIpc) is 2.54. The highest BCUT2D eigenvalue weighted by Crippen LogP contribution is 2.24. The number of nitrogens with one attached hydrogen (secondary N) is 1. The third kappa shape index (κ3) is 5.21. The third-order valence-corrected chi connectivity index (χ3v) is 3.95. The van der Waals surface area contributed by atoms with E-state index in [9.17, 15) is 0 Å². The molecule has 1 N–H and O–H groups in total. The molecule has 0 amide bonds. The van der Waals surface area contributed by atoms with Crippen LogP contribution in [0.3, 0.4) is 0 Å². The molecule has 0 saturated carbocycles. The number of hydrogen-bond donors (Lipinski definition) is 1. The van der Waals surface area contributed by atoms with E-state index in [0.717, 1.165) is 43.3 Å². The zero-order valence-electron chi connectivity index (χ0n) is 13.4. The first kappa shape index (κ1) is 16.1. The molecule has 1 aromatic carbocycles. The van der Waals surface area contributed by atoms with Gasteiger partial charge in [0.1, 0.15) is 18.1 Å². The SMILES string of the molecule is CCNCc1cc(OC)ccc1OCCN1CCCCC1. The lowest BCUT2D eigenvalue weighted by Gasteiger charge is -2.26. The van der Waals surface area contributed by atoms with Gasteiger partial charge in [-0.1, -0.05) is 13.3 Å². The average molecular weight is 292 g/mol. The van der Waals surface area contributed by atoms with Crippen LogP contribution in [0, 0.1) is 0 Å². The van der Waals surface area contributed by atoms with Crippen LogP contribution in [-0.2, 0) is 6.54 Å². The number of hydrogen-bond acceptors (Lipinski definition) is 4. The molecule has 0 bridgehead atoms. The first-order valence-corrected chi connectivity index (χ1v) is 8.06. The van der Waals surface area contributed by atoms with E-state index < -0.39 is 0 Å². The summed E-state index contributed by atoms with van der Waals surface area (Å²) < 4.78 is 11.3. The largest absolute Gasteiger partial charge is 0.497 e. The molecule has 21 heavy (non-hydrogen) atoms. The lowest BCUT2D eigenvalue weighted by atomic mass is 10.1. The predicted octanol–water partition coefficient (Wildman–Crippen LogP) is 2.67. The fourth-order valence-corrected chi connectivity index (χ4v) is 2.69. The summed E-state index contributed by atoms with van der Waals surface area (Å²) in [6.07, 6.45) is 4.03. The van der Waals surface area contributed by atoms with E-state index in [2.05, 4.69) is 23.2 Å². The molecule has 4 nitrogen and oxygen atoms in total. The lowest BCUT2D eigenvalue weighted by molar-refractivity contribution is 0.182. The number of ether oxygens (including phenoxy) is 2. The van der Waals surface area contributed by atoms with Crippen molar-refractivity contribution in [2.24, 2.45) is 0 Å². The van der Waals surface area contributed by atoms with Crippen LogP contribution < -0.4 is 14.8 Å². The number of nitrogens with zero attached hydrogens (tertiary/aromatic N) is 1. The summed E-state index contributed by atoms with van der Waals surface area (Å²) >= 11 is 0. The molecule has 1 saturated heterocycles. The number of methoxy groups -OCH3 is 1. The molecule has 0 unspecified atom stereocenters. The monoisotopic (exact) mass is 292 g/mol. The molecular weight excluding hydrogens is 264 g/mol. The van der Waals surface area contributed by atoms with Gasteiger partial charge in [0.2, 0.25) is 0 Å². The van der Waals surface area contributed by atoms with Gasteiger partial charge in [-0.25, -0.2) is 0 Å². The maximum atomic E-state index is 6.00. The van der Waals surface area contributed by atoms with Crippen molar-refractivity contribution >= 4 is 0 Å². The number of rotatable bonds is 8. The standard InChI is InChI=1S/C17H28N2O2/c1-3-18-14-15-13-16(20-2)7-8-17(15)21-12-11-19-9-5-4-6-10-19/h7-8,13,18H,3-6,9-12,14H2,1-2H3. The molecule has 1 aliphatic heterocycles. The molecule has 0 atom stereocenters. The van der Waals surface area contributed by atoms with Gasteiger partial charge in [-0.3, -0.25) is 4.90 Å². The molecule has 0 radical (unpaired) electrons. The van der Waals surface area contributed by atoms with Gasteiger partial charge in [-0.2, -0.15) is 0 Å². The third-order valence-electron chi connectivity index (χ3n) is 3.95. The van der Waals surface area contributed by atoms with Gasteiger partial charge < -0.3 is 14.8 Å². The second-order valence-corrected chi connectivity index (χ2v) is 5.50. The second-order valence-electron chi connectivity index (χ2n) is 5.50. The van der Waals surface area contributed by atoms with Crippen LogP contribution in [0.5, 0.6) is 11.5 Å². The maximum absolute atomic E-state index is 6.00. The Labute approximate surface area is 128 Å². The molecule has 2 rings (SSSR count). The predicted molar refractivity (Wildman–Crippen MR) is 86.2 cm³/mol. The van der Waals surface area contributed by atoms with E-state index in [-0.39, 0.29) is 0 Å². The summed E-state index contributed by atoms with van der Waals surface area (Å²) in [5.41, 5.74) is 1.16. The Morgan fingerprint density at radius 3 is 2.71 bits per heavy atom. The molecule has 1 fully saturated rings. The van der Waals surface area contributed by atoms with Crippen molar-refractivity contribution in [1.29, 1.82) is 0 Å². The molecule has 4 heteroatoms. The maximum Gasteiger partial charge on any atom is 0.124 e. The molecule has 0 aliphatic carbocycles. The van der Waals surface area contributed by atoms with Crippen molar-refractivity contribution < 1.29 is 9.47 Å². The zero-order chi connectivity index (χ0) is 14.9. The van der Waals surface area contributed by atoms with E-state index in [1.54, 1.807) is 7.11 Å². The van der Waals surface area contributed by atoms with Gasteiger partial charge in [0.05, 0.1) is 7.11 Å². The number of likely N-dealkylation sites (tertiary alicyclic amines) is 1. The minimum absolute atomic E-state index is 0.755. The van der Waals surface area contributed by atoms with E-state index >= 15 is 0 Å². The molecule has 1 aliphatic rings. The Kier molecular flexibility index (Phi) is 6.83. The smallest absolute Gasteiger partial charge is 0.124 e. The number of piperidine rings is 1. The van der Waals surface area contributed by atoms with Gasteiger partial charge in [0.15, 0.2) is 0 Å². The summed E-state index contributed by atoms with van der Waals surface area (Å²) in [4.78, 5) is 2.50. The van der Waals surface area contributed by atoms with Crippen molar-refractivity contribution in [3.05, 3.63) is 23.8 Å². The van der Waals surface area contributed by atoms with Crippen LogP contribution in [0.25, 0.3) is 0 Å². The molecule has 1 heterocycles. The van der Waals surface area contributed by atoms with Gasteiger partial charge in [-0.05, 0) is 50.7 Å². The molecular formula is C17H28N2O2. The quantitative estimate of drug-likeness (QED) is 0.799. The normalized spacial score (nSPS) is 15.9. The van der Waals surface area contributed by atoms with Gasteiger partial charge in [-0.15, -0.1) is 0 Å². The molecule has 118 valence electrons. The van der Waals surface area contributed by atoms with Crippen LogP contribution in [0.15, 0.2) is 18.2 Å². The Hall–Kier alpha value is -1.26. The highest BCUT2D eigenvalue weighted by molar-refractivity contribution is 5.40. The Morgan fingerprint density at radius 2 is 2.00 bits per heavy atom. The molecule has 0 aromatic heterocycles. The van der Waals surface area contributed by atoms with Crippen molar-refractivity contribution in [1.82, 2.24) is 10.2 Å². The minimum Gasteiger partial charge on any atom is -0.497 e. The fraction of sp³-hybridized carbons (Fsp3) is 0.647. The van der Waals surface area contributed by atoms with Gasteiger partial charge in [0.25, 0.3) is 0 Å². The summed E-state index contributed by atoms with van der Waals surface area (Å²) in [6, 6.07) is 6.03. The lowest BCUT2D eigenvalue weighted by Crippen LogP contribution is -2.33. The van der Waals surface area contributed by atoms with Crippen molar-refractivity contribution in [2.75, 3.05) is 39.9 Å². The Bertz CT molecular complexity index is 417. The van der Waals surface area contributed by atoms with Crippen LogP contribution >= 0.6 is 0 Å². The zero-order valence-corrected chi connectivity index (χ0v) is 13.4. The summed E-state index contributed by atoms with van der Waals surface area (Å²) in [5.74, 6) is 1.85. The molecule has 0 spiro atoms. The van der Waals surface area contributed by atoms with Crippen LogP contribution in [0.4, 0.5) is 0 Å². The minimum atomic E-state index is 0.755. The fourth-order valence-electron chi connectivity index (χ4n) is 2.69.